The van der Waals surface area contributed by atoms with Gasteiger partial charge < -0.3 is 10.6 Å². The first kappa shape index (κ1) is 25.3. The molecule has 2 rings (SSSR count). The minimum Gasteiger partial charge on any atom is -0.357 e. The lowest BCUT2D eigenvalue weighted by molar-refractivity contribution is 0.588. The Bertz CT molecular complexity index is 934. The van der Waals surface area contributed by atoms with Gasteiger partial charge in [0.2, 0.25) is 10.0 Å². The Labute approximate surface area is 189 Å². The first-order chi connectivity index (χ1) is 13.3. The quantitative estimate of drug-likeness (QED) is 0.289. The lowest BCUT2D eigenvalue weighted by Gasteiger charge is -2.18. The highest BCUT2D eigenvalue weighted by Crippen LogP contribution is 2.16. The van der Waals surface area contributed by atoms with Gasteiger partial charge in [-0.1, -0.05) is 24.3 Å². The van der Waals surface area contributed by atoms with Gasteiger partial charge in [0.1, 0.15) is 5.82 Å². The van der Waals surface area contributed by atoms with Crippen molar-refractivity contribution in [1.29, 1.82) is 0 Å². The topological polar surface area (TPSA) is 82.6 Å². The summed E-state index contributed by atoms with van der Waals surface area (Å²) in [6.45, 7) is 6.69. The van der Waals surface area contributed by atoms with Crippen LogP contribution in [0.1, 0.15) is 36.6 Å². The minimum atomic E-state index is -3.45. The van der Waals surface area contributed by atoms with E-state index in [0.29, 0.717) is 24.6 Å². The Balaban J connectivity index is 0.00000420. The summed E-state index contributed by atoms with van der Waals surface area (Å²) in [4.78, 5) is 4.75. The minimum absolute atomic E-state index is 0. The van der Waals surface area contributed by atoms with Gasteiger partial charge in [0.05, 0.1) is 17.5 Å². The van der Waals surface area contributed by atoms with Gasteiger partial charge in [0, 0.05) is 6.54 Å². The maximum atomic E-state index is 13.8. The van der Waals surface area contributed by atoms with Gasteiger partial charge in [0.15, 0.2) is 5.96 Å². The molecule has 0 bridgehead atoms. The number of nitrogens with zero attached hydrogens (tertiary/aromatic N) is 1. The summed E-state index contributed by atoms with van der Waals surface area (Å²) in [5, 5.41) is 6.43. The van der Waals surface area contributed by atoms with Crippen LogP contribution in [0.15, 0.2) is 52.4 Å². The summed E-state index contributed by atoms with van der Waals surface area (Å²) in [5.41, 5.74) is 2.32. The average Bonchev–Trinajstić information content (AvgIpc) is 2.68. The molecular formula is C20H28FIN4O2S. The van der Waals surface area contributed by atoms with Crippen molar-refractivity contribution >= 4 is 40.0 Å². The van der Waals surface area contributed by atoms with Crippen molar-refractivity contribution in [3.63, 3.8) is 0 Å². The highest BCUT2D eigenvalue weighted by Gasteiger charge is 2.11. The van der Waals surface area contributed by atoms with E-state index in [-0.39, 0.29) is 40.7 Å². The third kappa shape index (κ3) is 7.23. The predicted octanol–water partition coefficient (Wildman–Crippen LogP) is 3.48. The fourth-order valence-corrected chi connectivity index (χ4v) is 3.28. The van der Waals surface area contributed by atoms with Crippen LogP contribution in [-0.4, -0.2) is 28.0 Å². The molecule has 1 unspecified atom stereocenters. The van der Waals surface area contributed by atoms with Crippen LogP contribution < -0.4 is 15.4 Å². The van der Waals surface area contributed by atoms with Gasteiger partial charge in [-0.15, -0.1) is 24.0 Å². The molecule has 6 nitrogen and oxygen atoms in total. The molecule has 0 aromatic heterocycles. The normalized spacial score (nSPS) is 12.8. The highest BCUT2D eigenvalue weighted by atomic mass is 127. The van der Waals surface area contributed by atoms with E-state index in [1.54, 1.807) is 37.3 Å². The number of aryl methyl sites for hydroxylation is 1. The standard InChI is InChI=1S/C20H27FN4O2S.HI/c1-5-23-20(25-15(3)17-9-6-14(2)19(21)12-17)24-13-16-7-10-18(11-8-16)28(26,27)22-4;/h6-12,15,22H,5,13H2,1-4H3,(H2,23,24,25);1H. The molecule has 0 aliphatic rings. The lowest BCUT2D eigenvalue weighted by Crippen LogP contribution is -2.38. The Morgan fingerprint density at radius 1 is 1.17 bits per heavy atom. The number of sulfonamides is 1. The Morgan fingerprint density at radius 3 is 2.38 bits per heavy atom. The molecule has 2 aromatic carbocycles. The molecule has 3 N–H and O–H groups in total. The van der Waals surface area contributed by atoms with Crippen LogP contribution in [0, 0.1) is 12.7 Å². The Morgan fingerprint density at radius 2 is 1.83 bits per heavy atom. The van der Waals surface area contributed by atoms with Gasteiger partial charge in [0.25, 0.3) is 0 Å². The van der Waals surface area contributed by atoms with E-state index in [9.17, 15) is 12.8 Å². The zero-order chi connectivity index (χ0) is 20.7. The average molecular weight is 534 g/mol. The molecule has 0 aliphatic heterocycles. The molecule has 9 heteroatoms. The summed E-state index contributed by atoms with van der Waals surface area (Å²) >= 11 is 0. The number of aliphatic imine (C=N–C) groups is 1. The van der Waals surface area contributed by atoms with Crippen molar-refractivity contribution in [1.82, 2.24) is 15.4 Å². The molecule has 0 saturated carbocycles. The van der Waals surface area contributed by atoms with E-state index in [0.717, 1.165) is 11.1 Å². The van der Waals surface area contributed by atoms with Crippen LogP contribution in [-0.2, 0) is 16.6 Å². The van der Waals surface area contributed by atoms with Crippen LogP contribution in [0.25, 0.3) is 0 Å². The Hall–Kier alpha value is -1.72. The maximum absolute atomic E-state index is 13.8. The van der Waals surface area contributed by atoms with Gasteiger partial charge in [-0.3, -0.25) is 0 Å². The first-order valence-corrected chi connectivity index (χ1v) is 10.6. The largest absolute Gasteiger partial charge is 0.357 e. The van der Waals surface area contributed by atoms with E-state index in [1.807, 2.05) is 19.9 Å². The molecule has 2 aromatic rings. The van der Waals surface area contributed by atoms with Crippen molar-refractivity contribution in [2.45, 2.75) is 38.3 Å². The second-order valence-corrected chi connectivity index (χ2v) is 8.31. The number of hydrogen-bond acceptors (Lipinski definition) is 3. The number of guanidine groups is 1. The maximum Gasteiger partial charge on any atom is 0.240 e. The van der Waals surface area contributed by atoms with E-state index in [2.05, 4.69) is 20.3 Å². The Kier molecular flexibility index (Phi) is 10.0. The first-order valence-electron chi connectivity index (χ1n) is 9.10. The van der Waals surface area contributed by atoms with Crippen molar-refractivity contribution < 1.29 is 12.8 Å². The molecule has 29 heavy (non-hydrogen) atoms. The fourth-order valence-electron chi connectivity index (χ4n) is 2.55. The second kappa shape index (κ2) is 11.5. The SMILES string of the molecule is CCNC(=NCc1ccc(S(=O)(=O)NC)cc1)NC(C)c1ccc(C)c(F)c1.I. The number of rotatable bonds is 7. The molecule has 0 heterocycles. The summed E-state index contributed by atoms with van der Waals surface area (Å²) in [5.74, 6) is 0.368. The summed E-state index contributed by atoms with van der Waals surface area (Å²) in [6, 6.07) is 11.6. The summed E-state index contributed by atoms with van der Waals surface area (Å²) in [6.07, 6.45) is 0. The lowest BCUT2D eigenvalue weighted by atomic mass is 10.1. The molecule has 0 spiro atoms. The van der Waals surface area contributed by atoms with Crippen LogP contribution in [0.4, 0.5) is 4.39 Å². The van der Waals surface area contributed by atoms with Gasteiger partial charge >= 0.3 is 0 Å². The number of halogens is 2. The van der Waals surface area contributed by atoms with Crippen LogP contribution in [0.3, 0.4) is 0 Å². The molecule has 1 atom stereocenters. The third-order valence-corrected chi connectivity index (χ3v) is 5.75. The van der Waals surface area contributed by atoms with Crippen molar-refractivity contribution in [2.24, 2.45) is 4.99 Å². The highest BCUT2D eigenvalue weighted by molar-refractivity contribution is 14.0. The van der Waals surface area contributed by atoms with Gasteiger partial charge in [-0.2, -0.15) is 0 Å². The van der Waals surface area contributed by atoms with Crippen LogP contribution >= 0.6 is 24.0 Å². The molecule has 0 saturated heterocycles. The molecular weight excluding hydrogens is 506 g/mol. The zero-order valence-corrected chi connectivity index (χ0v) is 20.1. The van der Waals surface area contributed by atoms with Crippen LogP contribution in [0.2, 0.25) is 0 Å². The van der Waals surface area contributed by atoms with Crippen LogP contribution in [0.5, 0.6) is 0 Å². The van der Waals surface area contributed by atoms with Gasteiger partial charge in [-0.05, 0) is 62.7 Å². The van der Waals surface area contributed by atoms with E-state index >= 15 is 0 Å². The smallest absolute Gasteiger partial charge is 0.240 e. The van der Waals surface area contributed by atoms with Crippen molar-refractivity contribution in [3.8, 4) is 0 Å². The summed E-state index contributed by atoms with van der Waals surface area (Å²) in [7, 11) is -2.07. The second-order valence-electron chi connectivity index (χ2n) is 6.42. The number of hydrogen-bond donors (Lipinski definition) is 3. The molecule has 0 amide bonds. The molecule has 0 radical (unpaired) electrons. The van der Waals surface area contributed by atoms with E-state index in [4.69, 9.17) is 0 Å². The zero-order valence-electron chi connectivity index (χ0n) is 17.0. The number of benzene rings is 2. The predicted molar refractivity (Wildman–Crippen MR) is 126 cm³/mol. The molecule has 0 fully saturated rings. The molecule has 0 aliphatic carbocycles. The van der Waals surface area contributed by atoms with Crippen molar-refractivity contribution in [2.75, 3.05) is 13.6 Å². The third-order valence-electron chi connectivity index (χ3n) is 4.32. The van der Waals surface area contributed by atoms with Crippen molar-refractivity contribution in [3.05, 3.63) is 65.0 Å². The van der Waals surface area contributed by atoms with Gasteiger partial charge in [-0.25, -0.2) is 22.5 Å². The summed E-state index contributed by atoms with van der Waals surface area (Å²) < 4.78 is 39.7. The molecule has 160 valence electrons. The monoisotopic (exact) mass is 534 g/mol. The number of nitrogens with one attached hydrogen (secondary N) is 3. The fraction of sp³-hybridized carbons (Fsp3) is 0.350. The van der Waals surface area contributed by atoms with E-state index < -0.39 is 10.0 Å². The van der Waals surface area contributed by atoms with E-state index in [1.165, 1.54) is 13.1 Å².